The molecule has 0 saturated carbocycles. The molecule has 9 nitrogen and oxygen atoms in total. The zero-order valence-corrected chi connectivity index (χ0v) is 30.4. The Labute approximate surface area is 282 Å². The summed E-state index contributed by atoms with van der Waals surface area (Å²) in [7, 11) is 0. The summed E-state index contributed by atoms with van der Waals surface area (Å²) in [6, 6.07) is 12.1. The lowest BCUT2D eigenvalue weighted by Crippen LogP contribution is -2.56. The lowest BCUT2D eigenvalue weighted by atomic mass is 9.94. The number of amides is 3. The van der Waals surface area contributed by atoms with E-state index in [2.05, 4.69) is 10.6 Å². The summed E-state index contributed by atoms with van der Waals surface area (Å²) >= 11 is 0. The molecule has 9 heteroatoms. The summed E-state index contributed by atoms with van der Waals surface area (Å²) < 4.78 is 11.3. The van der Waals surface area contributed by atoms with Crippen LogP contribution >= 0.6 is 0 Å². The zero-order valence-electron chi connectivity index (χ0n) is 30.4. The summed E-state index contributed by atoms with van der Waals surface area (Å²) in [5.74, 6) is -1.72. The van der Waals surface area contributed by atoms with Crippen LogP contribution in [0.1, 0.15) is 110 Å². The molecule has 0 aliphatic carbocycles. The number of alkyl carbamates (subject to hydrolysis) is 1. The number of carbonyl (C=O) groups excluding carboxylic acids is 4. The molecule has 4 unspecified atom stereocenters. The highest BCUT2D eigenvalue weighted by Crippen LogP contribution is 2.27. The quantitative estimate of drug-likeness (QED) is 0.213. The van der Waals surface area contributed by atoms with Crippen molar-refractivity contribution in [1.82, 2.24) is 15.5 Å². The topological polar surface area (TPSA) is 114 Å². The second kappa shape index (κ2) is 17.3. The van der Waals surface area contributed by atoms with Crippen molar-refractivity contribution in [3.63, 3.8) is 0 Å². The van der Waals surface area contributed by atoms with Crippen LogP contribution in [0.2, 0.25) is 0 Å². The van der Waals surface area contributed by atoms with Gasteiger partial charge in [0.1, 0.15) is 29.3 Å². The van der Waals surface area contributed by atoms with Crippen LogP contribution in [-0.2, 0) is 30.3 Å². The van der Waals surface area contributed by atoms with Crippen molar-refractivity contribution in [2.45, 2.75) is 131 Å². The van der Waals surface area contributed by atoms with Gasteiger partial charge in [0.25, 0.3) is 0 Å². The highest BCUT2D eigenvalue weighted by Gasteiger charge is 2.39. The van der Waals surface area contributed by atoms with E-state index in [1.54, 1.807) is 46.4 Å². The minimum Gasteiger partial charge on any atom is -0.458 e. The van der Waals surface area contributed by atoms with Crippen LogP contribution < -0.4 is 10.6 Å². The Hall–Kier alpha value is -3.88. The maximum absolute atomic E-state index is 14.6. The van der Waals surface area contributed by atoms with Gasteiger partial charge in [0.05, 0.1) is 0 Å². The van der Waals surface area contributed by atoms with E-state index in [0.29, 0.717) is 18.4 Å². The maximum Gasteiger partial charge on any atom is 0.408 e. The van der Waals surface area contributed by atoms with Gasteiger partial charge in [-0.05, 0) is 90.0 Å². The maximum atomic E-state index is 14.6. The average molecular weight is 652 g/mol. The van der Waals surface area contributed by atoms with Crippen LogP contribution in [0.5, 0.6) is 0 Å². The summed E-state index contributed by atoms with van der Waals surface area (Å²) in [5.41, 5.74) is 1.93. The number of unbranched alkanes of at least 4 members (excludes halogenated alkanes) is 1. The van der Waals surface area contributed by atoms with Crippen LogP contribution in [0.4, 0.5) is 4.79 Å². The number of benzene rings is 2. The smallest absolute Gasteiger partial charge is 0.408 e. The highest BCUT2D eigenvalue weighted by atomic mass is 16.6. The van der Waals surface area contributed by atoms with E-state index >= 15 is 0 Å². The second-order valence-electron chi connectivity index (χ2n) is 14.4. The number of carbonyl (C=O) groups is 4. The van der Waals surface area contributed by atoms with Crippen LogP contribution in [-0.4, -0.2) is 58.6 Å². The minimum absolute atomic E-state index is 0.208. The SMILES string of the molecule is CCCCN(C(=O)C(NC(=O)OC(C)(C)C)C(C)CC)C(C(=O)NC(Cc1ccccc1)C(=O)OC(C)(C)C)c1ccc(C)c(C)c1. The van der Waals surface area contributed by atoms with Crippen molar-refractivity contribution in [2.75, 3.05) is 6.54 Å². The Kier molecular flexibility index (Phi) is 14.5. The number of ether oxygens (including phenoxy) is 2. The van der Waals surface area contributed by atoms with Gasteiger partial charge in [-0.3, -0.25) is 9.59 Å². The summed E-state index contributed by atoms with van der Waals surface area (Å²) in [6.45, 7) is 20.7. The first-order valence-corrected chi connectivity index (χ1v) is 16.8. The van der Waals surface area contributed by atoms with Gasteiger partial charge in [-0.2, -0.15) is 0 Å². The molecule has 2 aromatic rings. The Morgan fingerprint density at radius 1 is 0.830 bits per heavy atom. The van der Waals surface area contributed by atoms with Crippen LogP contribution in [0.15, 0.2) is 48.5 Å². The molecule has 0 radical (unpaired) electrons. The lowest BCUT2D eigenvalue weighted by molar-refractivity contribution is -0.159. The monoisotopic (exact) mass is 651 g/mol. The van der Waals surface area contributed by atoms with Crippen molar-refractivity contribution in [2.24, 2.45) is 5.92 Å². The van der Waals surface area contributed by atoms with Crippen molar-refractivity contribution < 1.29 is 28.7 Å². The van der Waals surface area contributed by atoms with Crippen molar-refractivity contribution in [3.8, 4) is 0 Å². The van der Waals surface area contributed by atoms with E-state index in [1.165, 1.54) is 0 Å². The number of aryl methyl sites for hydroxylation is 2. The van der Waals surface area contributed by atoms with Crippen molar-refractivity contribution >= 4 is 23.9 Å². The third kappa shape index (κ3) is 12.7. The second-order valence-corrected chi connectivity index (χ2v) is 14.4. The van der Waals surface area contributed by atoms with Crippen LogP contribution in [0.3, 0.4) is 0 Å². The van der Waals surface area contributed by atoms with Gasteiger partial charge in [0.2, 0.25) is 11.8 Å². The average Bonchev–Trinajstić information content (AvgIpc) is 2.97. The molecule has 260 valence electrons. The number of hydrogen-bond acceptors (Lipinski definition) is 6. The van der Waals surface area contributed by atoms with Gasteiger partial charge >= 0.3 is 12.1 Å². The predicted molar refractivity (Wildman–Crippen MR) is 186 cm³/mol. The molecule has 2 rings (SSSR count). The van der Waals surface area contributed by atoms with Crippen LogP contribution in [0.25, 0.3) is 0 Å². The molecule has 0 spiro atoms. The third-order valence-corrected chi connectivity index (χ3v) is 7.88. The Balaban J connectivity index is 2.66. The van der Waals surface area contributed by atoms with Gasteiger partial charge in [-0.15, -0.1) is 0 Å². The molecule has 0 fully saturated rings. The largest absolute Gasteiger partial charge is 0.458 e. The summed E-state index contributed by atoms with van der Waals surface area (Å²) in [4.78, 5) is 57.2. The predicted octanol–water partition coefficient (Wildman–Crippen LogP) is 6.98. The molecule has 0 saturated heterocycles. The number of esters is 1. The molecule has 3 amide bonds. The Morgan fingerprint density at radius 3 is 1.98 bits per heavy atom. The molecular weight excluding hydrogens is 594 g/mol. The Morgan fingerprint density at radius 2 is 1.45 bits per heavy atom. The number of nitrogens with zero attached hydrogens (tertiary/aromatic N) is 1. The fourth-order valence-corrected chi connectivity index (χ4v) is 5.07. The van der Waals surface area contributed by atoms with E-state index in [4.69, 9.17) is 9.47 Å². The molecule has 0 aliphatic rings. The normalized spacial score (nSPS) is 14.3. The molecule has 4 atom stereocenters. The molecule has 2 aromatic carbocycles. The fraction of sp³-hybridized carbons (Fsp3) is 0.579. The van der Waals surface area contributed by atoms with Crippen molar-refractivity contribution in [3.05, 3.63) is 70.8 Å². The van der Waals surface area contributed by atoms with E-state index < -0.39 is 53.2 Å². The molecule has 0 heterocycles. The van der Waals surface area contributed by atoms with Gasteiger partial charge in [-0.1, -0.05) is 82.1 Å². The van der Waals surface area contributed by atoms with E-state index in [-0.39, 0.29) is 18.9 Å². The molecule has 0 aromatic heterocycles. The van der Waals surface area contributed by atoms with Crippen molar-refractivity contribution in [1.29, 1.82) is 0 Å². The molecule has 0 aliphatic heterocycles. The lowest BCUT2D eigenvalue weighted by Gasteiger charge is -2.37. The first-order chi connectivity index (χ1) is 21.9. The molecule has 0 bridgehead atoms. The minimum atomic E-state index is -1.08. The van der Waals surface area contributed by atoms with E-state index in [0.717, 1.165) is 23.1 Å². The molecular formula is C38H57N3O6. The number of rotatable bonds is 14. The number of hydrogen-bond donors (Lipinski definition) is 2. The zero-order chi connectivity index (χ0) is 35.5. The standard InChI is InChI=1S/C38H57N3O6/c1-12-14-22-41(34(43)31(25(3)13-2)40-36(45)47-38(9,10)11)32(29-21-20-26(4)27(5)23-29)33(42)39-30(35(44)46-37(6,7)8)24-28-18-16-15-17-19-28/h15-21,23,25,30-32H,12-14,22,24H2,1-11H3,(H,39,42)(H,40,45). The van der Waals surface area contributed by atoms with Crippen LogP contribution in [0, 0.1) is 19.8 Å². The number of nitrogens with one attached hydrogen (secondary N) is 2. The van der Waals surface area contributed by atoms with Gasteiger partial charge < -0.3 is 25.0 Å². The highest BCUT2D eigenvalue weighted by molar-refractivity contribution is 5.94. The summed E-state index contributed by atoms with van der Waals surface area (Å²) in [6.07, 6.45) is 1.50. The molecule has 47 heavy (non-hydrogen) atoms. The van der Waals surface area contributed by atoms with Gasteiger partial charge in [0.15, 0.2) is 0 Å². The first kappa shape index (κ1) is 39.3. The van der Waals surface area contributed by atoms with Gasteiger partial charge in [0, 0.05) is 13.0 Å². The first-order valence-electron chi connectivity index (χ1n) is 16.8. The van der Waals surface area contributed by atoms with E-state index in [1.807, 2.05) is 83.1 Å². The Bertz CT molecular complexity index is 1350. The summed E-state index contributed by atoms with van der Waals surface area (Å²) in [5, 5.41) is 5.77. The van der Waals surface area contributed by atoms with Gasteiger partial charge in [-0.25, -0.2) is 9.59 Å². The fourth-order valence-electron chi connectivity index (χ4n) is 5.07. The third-order valence-electron chi connectivity index (χ3n) is 7.88. The van der Waals surface area contributed by atoms with E-state index in [9.17, 15) is 19.2 Å². The molecule has 2 N–H and O–H groups in total.